The van der Waals surface area contributed by atoms with Crippen molar-refractivity contribution < 1.29 is 9.90 Å². The molecule has 0 fully saturated rings. The van der Waals surface area contributed by atoms with Crippen molar-refractivity contribution in [1.82, 2.24) is 14.8 Å². The molecule has 2 heterocycles. The third-order valence-electron chi connectivity index (χ3n) is 3.76. The Morgan fingerprint density at radius 2 is 1.96 bits per heavy atom. The minimum absolute atomic E-state index is 0.275. The van der Waals surface area contributed by atoms with Crippen LogP contribution in [0.2, 0.25) is 0 Å². The summed E-state index contributed by atoms with van der Waals surface area (Å²) >= 11 is 0. The standard InChI is InChI=1S/C18H18N4O2/c1-12-7-21-22(10-12)11-13-2-4-14(5-3-13)17(23)15-6-16(18(19)24)9-20-8-15/h2-10,17,23H,11H2,1H3,(H2,19,24). The molecule has 2 aromatic heterocycles. The Hall–Kier alpha value is -2.99. The Labute approximate surface area is 139 Å². The molecule has 1 atom stereocenters. The molecule has 0 radical (unpaired) electrons. The van der Waals surface area contributed by atoms with E-state index in [-0.39, 0.29) is 5.56 Å². The van der Waals surface area contributed by atoms with Gasteiger partial charge < -0.3 is 10.8 Å². The van der Waals surface area contributed by atoms with Crippen molar-refractivity contribution in [3.05, 3.63) is 82.9 Å². The van der Waals surface area contributed by atoms with Gasteiger partial charge in [0.05, 0.1) is 18.3 Å². The second-order valence-electron chi connectivity index (χ2n) is 5.73. The highest BCUT2D eigenvalue weighted by molar-refractivity contribution is 5.92. The molecule has 6 nitrogen and oxygen atoms in total. The van der Waals surface area contributed by atoms with Crippen molar-refractivity contribution in [3.63, 3.8) is 0 Å². The maximum Gasteiger partial charge on any atom is 0.250 e. The van der Waals surface area contributed by atoms with Crippen molar-refractivity contribution in [2.75, 3.05) is 0 Å². The maximum absolute atomic E-state index is 11.2. The van der Waals surface area contributed by atoms with Crippen LogP contribution in [0, 0.1) is 6.92 Å². The van der Waals surface area contributed by atoms with Crippen LogP contribution in [-0.2, 0) is 6.54 Å². The number of primary amides is 1. The maximum atomic E-state index is 11.2. The van der Waals surface area contributed by atoms with Crippen molar-refractivity contribution in [2.45, 2.75) is 19.6 Å². The predicted molar refractivity (Wildman–Crippen MR) is 89.3 cm³/mol. The molecule has 0 bridgehead atoms. The second-order valence-corrected chi connectivity index (χ2v) is 5.73. The number of carbonyl (C=O) groups excluding carboxylic acids is 1. The van der Waals surface area contributed by atoms with Crippen LogP contribution in [0.15, 0.2) is 55.1 Å². The van der Waals surface area contributed by atoms with Gasteiger partial charge in [0.25, 0.3) is 0 Å². The predicted octanol–water partition coefficient (Wildman–Crippen LogP) is 1.82. The summed E-state index contributed by atoms with van der Waals surface area (Å²) in [5.74, 6) is -0.568. The third-order valence-corrected chi connectivity index (χ3v) is 3.76. The number of aromatic nitrogens is 3. The second kappa shape index (κ2) is 6.64. The van der Waals surface area contributed by atoms with E-state index in [1.54, 1.807) is 6.07 Å². The van der Waals surface area contributed by atoms with Gasteiger partial charge in [-0.3, -0.25) is 14.5 Å². The molecular formula is C18H18N4O2. The Morgan fingerprint density at radius 1 is 1.21 bits per heavy atom. The molecule has 0 aliphatic heterocycles. The van der Waals surface area contributed by atoms with Crippen LogP contribution in [0.4, 0.5) is 0 Å². The van der Waals surface area contributed by atoms with E-state index in [9.17, 15) is 9.90 Å². The Kier molecular flexibility index (Phi) is 4.39. The van der Waals surface area contributed by atoms with E-state index in [0.717, 1.165) is 16.7 Å². The summed E-state index contributed by atoms with van der Waals surface area (Å²) in [6, 6.07) is 9.16. The first kappa shape index (κ1) is 15.9. The van der Waals surface area contributed by atoms with Gasteiger partial charge in [0, 0.05) is 24.2 Å². The Morgan fingerprint density at radius 3 is 2.58 bits per heavy atom. The zero-order chi connectivity index (χ0) is 17.1. The van der Waals surface area contributed by atoms with Crippen LogP contribution in [0.1, 0.15) is 38.7 Å². The van der Waals surface area contributed by atoms with Gasteiger partial charge in [-0.05, 0) is 29.7 Å². The number of rotatable bonds is 5. The quantitative estimate of drug-likeness (QED) is 0.749. The van der Waals surface area contributed by atoms with Crippen LogP contribution in [0.25, 0.3) is 0 Å². The van der Waals surface area contributed by atoms with Gasteiger partial charge >= 0.3 is 0 Å². The molecule has 3 rings (SSSR count). The summed E-state index contributed by atoms with van der Waals surface area (Å²) in [5, 5.41) is 14.7. The number of nitrogens with two attached hydrogens (primary N) is 1. The molecule has 0 spiro atoms. The zero-order valence-corrected chi connectivity index (χ0v) is 13.3. The van der Waals surface area contributed by atoms with Crippen LogP contribution in [0.3, 0.4) is 0 Å². The highest BCUT2D eigenvalue weighted by Crippen LogP contribution is 2.22. The number of pyridine rings is 1. The van der Waals surface area contributed by atoms with E-state index in [1.807, 2.05) is 48.3 Å². The molecule has 0 saturated heterocycles. The number of hydrogen-bond donors (Lipinski definition) is 2. The number of nitrogens with zero attached hydrogens (tertiary/aromatic N) is 3. The topological polar surface area (TPSA) is 94.0 Å². The van der Waals surface area contributed by atoms with Gasteiger partial charge in [-0.25, -0.2) is 0 Å². The number of aryl methyl sites for hydroxylation is 1. The fourth-order valence-electron chi connectivity index (χ4n) is 2.48. The summed E-state index contributed by atoms with van der Waals surface area (Å²) < 4.78 is 1.86. The Bertz CT molecular complexity index is 855. The molecule has 1 unspecified atom stereocenters. The summed E-state index contributed by atoms with van der Waals surface area (Å²) in [7, 11) is 0. The fraction of sp³-hybridized carbons (Fsp3) is 0.167. The molecular weight excluding hydrogens is 304 g/mol. The van der Waals surface area contributed by atoms with E-state index in [4.69, 9.17) is 5.73 Å². The highest BCUT2D eigenvalue weighted by Gasteiger charge is 2.13. The zero-order valence-electron chi connectivity index (χ0n) is 13.3. The summed E-state index contributed by atoms with van der Waals surface area (Å²) in [4.78, 5) is 15.2. The summed E-state index contributed by atoms with van der Waals surface area (Å²) in [6.45, 7) is 2.67. The normalized spacial score (nSPS) is 12.1. The van der Waals surface area contributed by atoms with Gasteiger partial charge in [0.1, 0.15) is 6.10 Å². The number of benzene rings is 1. The first-order valence-corrected chi connectivity index (χ1v) is 7.53. The van der Waals surface area contributed by atoms with Crippen LogP contribution in [-0.4, -0.2) is 25.8 Å². The van der Waals surface area contributed by atoms with Crippen molar-refractivity contribution in [2.24, 2.45) is 5.73 Å². The minimum atomic E-state index is -0.863. The molecule has 3 aromatic rings. The fourth-order valence-corrected chi connectivity index (χ4v) is 2.48. The number of hydrogen-bond acceptors (Lipinski definition) is 4. The SMILES string of the molecule is Cc1cnn(Cc2ccc(C(O)c3cncc(C(N)=O)c3)cc2)c1. The van der Waals surface area contributed by atoms with Crippen molar-refractivity contribution in [3.8, 4) is 0 Å². The third kappa shape index (κ3) is 3.49. The molecule has 0 aliphatic rings. The largest absolute Gasteiger partial charge is 0.384 e. The van der Waals surface area contributed by atoms with Gasteiger partial charge in [-0.1, -0.05) is 24.3 Å². The van der Waals surface area contributed by atoms with E-state index in [2.05, 4.69) is 10.1 Å². The van der Waals surface area contributed by atoms with Gasteiger partial charge in [0.2, 0.25) is 5.91 Å². The highest BCUT2D eigenvalue weighted by atomic mass is 16.3. The minimum Gasteiger partial charge on any atom is -0.384 e. The van der Waals surface area contributed by atoms with E-state index in [1.165, 1.54) is 12.4 Å². The monoisotopic (exact) mass is 322 g/mol. The first-order chi connectivity index (χ1) is 11.5. The van der Waals surface area contributed by atoms with Crippen LogP contribution >= 0.6 is 0 Å². The molecule has 6 heteroatoms. The van der Waals surface area contributed by atoms with Gasteiger partial charge in [-0.15, -0.1) is 0 Å². The number of carbonyl (C=O) groups is 1. The molecule has 0 saturated carbocycles. The van der Waals surface area contributed by atoms with Gasteiger partial charge in [-0.2, -0.15) is 5.10 Å². The summed E-state index contributed by atoms with van der Waals surface area (Å²) in [5.41, 5.74) is 8.97. The molecule has 1 amide bonds. The lowest BCUT2D eigenvalue weighted by Gasteiger charge is -2.12. The molecule has 122 valence electrons. The lowest BCUT2D eigenvalue weighted by Crippen LogP contribution is -2.12. The molecule has 24 heavy (non-hydrogen) atoms. The number of amides is 1. The Balaban J connectivity index is 1.77. The van der Waals surface area contributed by atoms with Crippen molar-refractivity contribution in [1.29, 1.82) is 0 Å². The van der Waals surface area contributed by atoms with Crippen LogP contribution in [0.5, 0.6) is 0 Å². The van der Waals surface area contributed by atoms with Crippen molar-refractivity contribution >= 4 is 5.91 Å². The number of aliphatic hydroxyl groups excluding tert-OH is 1. The summed E-state index contributed by atoms with van der Waals surface area (Å²) in [6.07, 6.45) is 5.84. The van der Waals surface area contributed by atoms with Gasteiger partial charge in [0.15, 0.2) is 0 Å². The first-order valence-electron chi connectivity index (χ1n) is 7.53. The lowest BCUT2D eigenvalue weighted by molar-refractivity contribution is 0.0999. The van der Waals surface area contributed by atoms with E-state index < -0.39 is 12.0 Å². The average molecular weight is 322 g/mol. The van der Waals surface area contributed by atoms with E-state index in [0.29, 0.717) is 12.1 Å². The number of aliphatic hydroxyl groups is 1. The van der Waals surface area contributed by atoms with Crippen LogP contribution < -0.4 is 5.73 Å². The smallest absolute Gasteiger partial charge is 0.250 e. The molecule has 0 aliphatic carbocycles. The van der Waals surface area contributed by atoms with E-state index >= 15 is 0 Å². The lowest BCUT2D eigenvalue weighted by atomic mass is 10.0. The average Bonchev–Trinajstić information content (AvgIpc) is 3.00. The molecule has 1 aromatic carbocycles. The molecule has 3 N–H and O–H groups in total.